The van der Waals surface area contributed by atoms with Crippen molar-refractivity contribution in [1.29, 1.82) is 0 Å². The van der Waals surface area contributed by atoms with Crippen LogP contribution in [0.1, 0.15) is 5.56 Å². The minimum Gasteiger partial charge on any atom is -0.382 e. The lowest BCUT2D eigenvalue weighted by atomic mass is 10.1. The molecule has 0 fully saturated rings. The molecule has 2 rings (SSSR count). The third-order valence-electron chi connectivity index (χ3n) is 2.95. The van der Waals surface area contributed by atoms with E-state index in [1.54, 1.807) is 25.4 Å². The zero-order valence-corrected chi connectivity index (χ0v) is 12.8. The lowest BCUT2D eigenvalue weighted by Gasteiger charge is -2.08. The van der Waals surface area contributed by atoms with Crippen LogP contribution in [0.15, 0.2) is 39.7 Å². The third-order valence-corrected chi connectivity index (χ3v) is 3.72. The first-order valence-electron chi connectivity index (χ1n) is 6.18. The van der Waals surface area contributed by atoms with Gasteiger partial charge in [-0.1, -0.05) is 12.1 Å². The SMILES string of the molecule is Cn1ncc(NCCc2ccc([N+](=O)[O-])cc2)c(Br)c1=O. The molecule has 110 valence electrons. The van der Waals surface area contributed by atoms with E-state index in [2.05, 4.69) is 26.3 Å². The number of non-ortho nitro benzene ring substituents is 1. The molecule has 1 aromatic carbocycles. The van der Waals surface area contributed by atoms with Crippen molar-refractivity contribution in [1.82, 2.24) is 9.78 Å². The number of nitrogens with zero attached hydrogens (tertiary/aromatic N) is 3. The number of benzene rings is 1. The van der Waals surface area contributed by atoms with Crippen molar-refractivity contribution in [3.8, 4) is 0 Å². The molecule has 0 spiro atoms. The van der Waals surface area contributed by atoms with Gasteiger partial charge in [-0.15, -0.1) is 0 Å². The minimum absolute atomic E-state index is 0.0743. The molecule has 0 amide bonds. The third kappa shape index (κ3) is 3.66. The summed E-state index contributed by atoms with van der Waals surface area (Å²) in [5, 5.41) is 17.6. The Hall–Kier alpha value is -2.22. The molecule has 0 bridgehead atoms. The smallest absolute Gasteiger partial charge is 0.282 e. The van der Waals surface area contributed by atoms with Crippen LogP contribution in [-0.4, -0.2) is 21.2 Å². The number of nitro benzene ring substituents is 1. The van der Waals surface area contributed by atoms with E-state index >= 15 is 0 Å². The summed E-state index contributed by atoms with van der Waals surface area (Å²) in [6.07, 6.45) is 2.25. The van der Waals surface area contributed by atoms with E-state index in [-0.39, 0.29) is 11.2 Å². The van der Waals surface area contributed by atoms with Gasteiger partial charge < -0.3 is 5.32 Å². The summed E-state index contributed by atoms with van der Waals surface area (Å²) < 4.78 is 1.68. The van der Waals surface area contributed by atoms with Gasteiger partial charge in [-0.2, -0.15) is 5.10 Å². The molecule has 1 N–H and O–H groups in total. The van der Waals surface area contributed by atoms with Gasteiger partial charge in [0.2, 0.25) is 0 Å². The zero-order valence-electron chi connectivity index (χ0n) is 11.2. The van der Waals surface area contributed by atoms with E-state index in [1.807, 2.05) is 0 Å². The van der Waals surface area contributed by atoms with Crippen molar-refractivity contribution >= 4 is 27.3 Å². The van der Waals surface area contributed by atoms with Crippen molar-refractivity contribution in [2.45, 2.75) is 6.42 Å². The van der Waals surface area contributed by atoms with Crippen molar-refractivity contribution in [3.63, 3.8) is 0 Å². The summed E-state index contributed by atoms with van der Waals surface area (Å²) in [6, 6.07) is 6.39. The maximum Gasteiger partial charge on any atom is 0.282 e. The lowest BCUT2D eigenvalue weighted by Crippen LogP contribution is -2.21. The fourth-order valence-electron chi connectivity index (χ4n) is 1.76. The maximum atomic E-state index is 11.7. The number of anilines is 1. The maximum absolute atomic E-state index is 11.7. The van der Waals surface area contributed by atoms with Crippen LogP contribution < -0.4 is 10.9 Å². The average molecular weight is 353 g/mol. The normalized spacial score (nSPS) is 10.4. The fourth-order valence-corrected chi connectivity index (χ4v) is 2.26. The molecule has 2 aromatic rings. The van der Waals surface area contributed by atoms with E-state index in [0.717, 1.165) is 5.56 Å². The molecule has 1 heterocycles. The summed E-state index contributed by atoms with van der Waals surface area (Å²) in [5.41, 5.74) is 1.46. The topological polar surface area (TPSA) is 90.1 Å². The van der Waals surface area contributed by atoms with Gasteiger partial charge >= 0.3 is 0 Å². The molecule has 1 aromatic heterocycles. The summed E-state index contributed by atoms with van der Waals surface area (Å²) in [4.78, 5) is 21.8. The van der Waals surface area contributed by atoms with Crippen LogP contribution in [0.4, 0.5) is 11.4 Å². The average Bonchev–Trinajstić information content (AvgIpc) is 2.48. The molecule has 0 unspecified atom stereocenters. The van der Waals surface area contributed by atoms with Gasteiger partial charge in [-0.3, -0.25) is 14.9 Å². The zero-order chi connectivity index (χ0) is 15.4. The van der Waals surface area contributed by atoms with Crippen molar-refractivity contribution < 1.29 is 4.92 Å². The Morgan fingerprint density at radius 3 is 2.67 bits per heavy atom. The number of rotatable bonds is 5. The first-order chi connectivity index (χ1) is 9.99. The first kappa shape index (κ1) is 15.2. The van der Waals surface area contributed by atoms with Crippen LogP contribution in [0, 0.1) is 10.1 Å². The molecule has 0 radical (unpaired) electrons. The molecule has 7 nitrogen and oxygen atoms in total. The number of aromatic nitrogens is 2. The van der Waals surface area contributed by atoms with Crippen molar-refractivity contribution in [3.05, 3.63) is 61.0 Å². The van der Waals surface area contributed by atoms with E-state index < -0.39 is 4.92 Å². The summed E-state index contributed by atoms with van der Waals surface area (Å²) in [7, 11) is 1.58. The highest BCUT2D eigenvalue weighted by molar-refractivity contribution is 9.10. The van der Waals surface area contributed by atoms with Crippen molar-refractivity contribution in [2.24, 2.45) is 7.05 Å². The Labute approximate surface area is 128 Å². The summed E-state index contributed by atoms with van der Waals surface area (Å²) >= 11 is 3.23. The highest BCUT2D eigenvalue weighted by Gasteiger charge is 2.07. The predicted molar refractivity (Wildman–Crippen MR) is 82.5 cm³/mol. The van der Waals surface area contributed by atoms with Crippen LogP contribution in [0.3, 0.4) is 0 Å². The molecular weight excluding hydrogens is 340 g/mol. The van der Waals surface area contributed by atoms with Crippen LogP contribution in [-0.2, 0) is 13.5 Å². The first-order valence-corrected chi connectivity index (χ1v) is 6.97. The quantitative estimate of drug-likeness (QED) is 0.657. The van der Waals surface area contributed by atoms with Gasteiger partial charge in [-0.25, -0.2) is 4.68 Å². The highest BCUT2D eigenvalue weighted by Crippen LogP contribution is 2.16. The molecule has 0 aliphatic rings. The number of nitrogens with one attached hydrogen (secondary N) is 1. The van der Waals surface area contributed by atoms with Crippen LogP contribution in [0.5, 0.6) is 0 Å². The van der Waals surface area contributed by atoms with Gasteiger partial charge in [0.25, 0.3) is 11.2 Å². The molecule has 21 heavy (non-hydrogen) atoms. The Balaban J connectivity index is 1.97. The van der Waals surface area contributed by atoms with E-state index in [0.29, 0.717) is 23.1 Å². The summed E-state index contributed by atoms with van der Waals surface area (Å²) in [5.74, 6) is 0. The minimum atomic E-state index is -0.426. The molecule has 0 aliphatic heterocycles. The second-order valence-corrected chi connectivity index (χ2v) is 5.19. The number of aryl methyl sites for hydroxylation is 1. The van der Waals surface area contributed by atoms with Gasteiger partial charge in [0, 0.05) is 25.7 Å². The largest absolute Gasteiger partial charge is 0.382 e. The Morgan fingerprint density at radius 2 is 2.05 bits per heavy atom. The Bertz CT molecular complexity index is 712. The monoisotopic (exact) mass is 352 g/mol. The Morgan fingerprint density at radius 1 is 1.38 bits per heavy atom. The fraction of sp³-hybridized carbons (Fsp3) is 0.231. The van der Waals surface area contributed by atoms with Crippen LogP contribution >= 0.6 is 15.9 Å². The highest BCUT2D eigenvalue weighted by atomic mass is 79.9. The Kier molecular flexibility index (Phi) is 4.69. The standard InChI is InChI=1S/C13H13BrN4O3/c1-17-13(19)12(14)11(8-16-17)15-7-6-9-2-4-10(5-3-9)18(20)21/h2-5,8,15H,6-7H2,1H3. The van der Waals surface area contributed by atoms with Gasteiger partial charge in [0.1, 0.15) is 4.47 Å². The van der Waals surface area contributed by atoms with Gasteiger partial charge in [-0.05, 0) is 27.9 Å². The van der Waals surface area contributed by atoms with E-state index in [4.69, 9.17) is 0 Å². The molecule has 8 heteroatoms. The number of hydrogen-bond acceptors (Lipinski definition) is 5. The van der Waals surface area contributed by atoms with Crippen LogP contribution in [0.2, 0.25) is 0 Å². The number of nitro groups is 1. The molecule has 0 aliphatic carbocycles. The number of halogens is 1. The molecule has 0 saturated carbocycles. The molecule has 0 saturated heterocycles. The number of hydrogen-bond donors (Lipinski definition) is 1. The lowest BCUT2D eigenvalue weighted by molar-refractivity contribution is -0.384. The second kappa shape index (κ2) is 6.49. The second-order valence-electron chi connectivity index (χ2n) is 4.40. The van der Waals surface area contributed by atoms with Crippen LogP contribution in [0.25, 0.3) is 0 Å². The van der Waals surface area contributed by atoms with Gasteiger partial charge in [0.15, 0.2) is 0 Å². The summed E-state index contributed by atoms with van der Waals surface area (Å²) in [6.45, 7) is 0.589. The molecule has 0 atom stereocenters. The van der Waals surface area contributed by atoms with E-state index in [9.17, 15) is 14.9 Å². The van der Waals surface area contributed by atoms with E-state index in [1.165, 1.54) is 16.8 Å². The predicted octanol–water partition coefficient (Wildman–Crippen LogP) is 2.11. The molecular formula is C13H13BrN4O3. The van der Waals surface area contributed by atoms with Crippen molar-refractivity contribution in [2.75, 3.05) is 11.9 Å². The van der Waals surface area contributed by atoms with Gasteiger partial charge in [0.05, 0.1) is 16.8 Å².